The zero-order chi connectivity index (χ0) is 12.5. The maximum atomic E-state index is 12.1. The van der Waals surface area contributed by atoms with Crippen LogP contribution in [-0.2, 0) is 9.53 Å². The quantitative estimate of drug-likeness (QED) is 0.551. The summed E-state index contributed by atoms with van der Waals surface area (Å²) in [6, 6.07) is 0. The second-order valence-corrected chi connectivity index (χ2v) is 6.05. The van der Waals surface area contributed by atoms with Crippen LogP contribution in [0.25, 0.3) is 0 Å². The molecule has 0 N–H and O–H groups in total. The van der Waals surface area contributed by atoms with E-state index >= 15 is 0 Å². The zero-order valence-electron chi connectivity index (χ0n) is 11.2. The third-order valence-electron chi connectivity index (χ3n) is 4.40. The van der Waals surface area contributed by atoms with E-state index in [1.165, 1.54) is 19.3 Å². The van der Waals surface area contributed by atoms with E-state index in [0.717, 1.165) is 12.8 Å². The van der Waals surface area contributed by atoms with Gasteiger partial charge in [0.05, 0.1) is 5.92 Å². The van der Waals surface area contributed by atoms with Gasteiger partial charge in [-0.1, -0.05) is 32.4 Å². The molecule has 96 valence electrons. The van der Waals surface area contributed by atoms with Crippen molar-refractivity contribution >= 4 is 5.97 Å². The van der Waals surface area contributed by atoms with Crippen molar-refractivity contribution in [2.24, 2.45) is 17.3 Å². The molecule has 0 amide bonds. The average molecular weight is 236 g/mol. The Morgan fingerprint density at radius 1 is 1.24 bits per heavy atom. The summed E-state index contributed by atoms with van der Waals surface area (Å²) in [6.07, 6.45) is 10.2. The Balaban J connectivity index is 1.88. The molecule has 17 heavy (non-hydrogen) atoms. The van der Waals surface area contributed by atoms with Crippen LogP contribution in [0.4, 0.5) is 0 Å². The van der Waals surface area contributed by atoms with Crippen LogP contribution < -0.4 is 0 Å². The highest BCUT2D eigenvalue weighted by molar-refractivity contribution is 5.78. The molecule has 2 aliphatic rings. The summed E-state index contributed by atoms with van der Waals surface area (Å²) < 4.78 is 5.65. The third kappa shape index (κ3) is 2.56. The summed E-state index contributed by atoms with van der Waals surface area (Å²) >= 11 is 0. The average Bonchev–Trinajstić information content (AvgIpc) is 2.82. The maximum Gasteiger partial charge on any atom is 0.310 e. The van der Waals surface area contributed by atoms with Gasteiger partial charge in [0, 0.05) is 0 Å². The van der Waals surface area contributed by atoms with E-state index in [4.69, 9.17) is 4.74 Å². The van der Waals surface area contributed by atoms with Crippen molar-refractivity contribution in [1.82, 2.24) is 0 Å². The van der Waals surface area contributed by atoms with Crippen molar-refractivity contribution in [1.29, 1.82) is 0 Å². The lowest BCUT2D eigenvalue weighted by Gasteiger charge is -2.22. The molecule has 0 aromatic rings. The van der Waals surface area contributed by atoms with Gasteiger partial charge in [-0.05, 0) is 43.9 Å². The first-order chi connectivity index (χ1) is 8.07. The fourth-order valence-corrected chi connectivity index (χ4v) is 3.11. The van der Waals surface area contributed by atoms with Crippen LogP contribution in [0, 0.1) is 17.3 Å². The Morgan fingerprint density at radius 2 is 1.88 bits per heavy atom. The van der Waals surface area contributed by atoms with Crippen molar-refractivity contribution in [3.05, 3.63) is 12.2 Å². The Labute approximate surface area is 104 Å². The topological polar surface area (TPSA) is 26.3 Å². The molecule has 2 saturated carbocycles. The van der Waals surface area contributed by atoms with Gasteiger partial charge >= 0.3 is 5.97 Å². The molecule has 2 heteroatoms. The molecule has 2 unspecified atom stereocenters. The molecule has 2 fully saturated rings. The first-order valence-corrected chi connectivity index (χ1v) is 6.90. The highest BCUT2D eigenvalue weighted by atomic mass is 16.5. The van der Waals surface area contributed by atoms with Crippen LogP contribution in [0.3, 0.4) is 0 Å². The van der Waals surface area contributed by atoms with Gasteiger partial charge in [0.15, 0.2) is 0 Å². The number of rotatable bonds is 3. The fourth-order valence-electron chi connectivity index (χ4n) is 3.11. The lowest BCUT2D eigenvalue weighted by Crippen LogP contribution is -2.23. The summed E-state index contributed by atoms with van der Waals surface area (Å²) in [4.78, 5) is 12.1. The van der Waals surface area contributed by atoms with Crippen LogP contribution in [0.5, 0.6) is 0 Å². The van der Waals surface area contributed by atoms with E-state index < -0.39 is 0 Å². The third-order valence-corrected chi connectivity index (χ3v) is 4.40. The molecule has 0 aromatic carbocycles. The molecule has 2 atom stereocenters. The van der Waals surface area contributed by atoms with Crippen LogP contribution in [0.15, 0.2) is 12.2 Å². The number of hydrogen-bond donors (Lipinski definition) is 0. The second-order valence-electron chi connectivity index (χ2n) is 6.05. The lowest BCUT2D eigenvalue weighted by atomic mass is 9.98. The minimum Gasteiger partial charge on any atom is -0.462 e. The standard InChI is InChI=1S/C15H24O2/c1-4-8-12-13(15(12,2)3)14(16)17-11-9-6-5-7-10-11/h4,8,11-13H,5-7,9-10H2,1-3H3. The van der Waals surface area contributed by atoms with E-state index in [1.54, 1.807) is 0 Å². The van der Waals surface area contributed by atoms with E-state index in [-0.39, 0.29) is 23.4 Å². The van der Waals surface area contributed by atoms with Crippen LogP contribution >= 0.6 is 0 Å². The highest BCUT2D eigenvalue weighted by Crippen LogP contribution is 2.59. The molecular weight excluding hydrogens is 212 g/mol. The summed E-state index contributed by atoms with van der Waals surface area (Å²) in [5.74, 6) is 0.495. The smallest absolute Gasteiger partial charge is 0.310 e. The Morgan fingerprint density at radius 3 is 2.47 bits per heavy atom. The van der Waals surface area contributed by atoms with E-state index in [2.05, 4.69) is 19.9 Å². The van der Waals surface area contributed by atoms with E-state index in [1.807, 2.05) is 13.0 Å². The van der Waals surface area contributed by atoms with Crippen molar-refractivity contribution in [3.63, 3.8) is 0 Å². The Hall–Kier alpha value is -0.790. The number of hydrogen-bond acceptors (Lipinski definition) is 2. The molecule has 0 aliphatic heterocycles. The van der Waals surface area contributed by atoms with Crippen LogP contribution in [0.2, 0.25) is 0 Å². The lowest BCUT2D eigenvalue weighted by molar-refractivity contribution is -0.153. The van der Waals surface area contributed by atoms with Gasteiger partial charge < -0.3 is 4.74 Å². The van der Waals surface area contributed by atoms with Crippen molar-refractivity contribution in [3.8, 4) is 0 Å². The first-order valence-electron chi connectivity index (χ1n) is 6.90. The Bertz CT molecular complexity index is 311. The van der Waals surface area contributed by atoms with Gasteiger partial charge in [0.1, 0.15) is 6.10 Å². The van der Waals surface area contributed by atoms with Crippen molar-refractivity contribution in [2.45, 2.75) is 59.0 Å². The molecule has 0 radical (unpaired) electrons. The number of ether oxygens (including phenoxy) is 1. The van der Waals surface area contributed by atoms with E-state index in [9.17, 15) is 4.79 Å². The van der Waals surface area contributed by atoms with Crippen molar-refractivity contribution in [2.75, 3.05) is 0 Å². The van der Waals surface area contributed by atoms with Gasteiger partial charge in [-0.2, -0.15) is 0 Å². The summed E-state index contributed by atoms with van der Waals surface area (Å²) in [5, 5.41) is 0. The molecular formula is C15H24O2. The molecule has 0 saturated heterocycles. The maximum absolute atomic E-state index is 12.1. The molecule has 2 rings (SSSR count). The molecule has 2 aliphatic carbocycles. The molecule has 0 spiro atoms. The molecule has 0 aromatic heterocycles. The van der Waals surface area contributed by atoms with Crippen molar-refractivity contribution < 1.29 is 9.53 Å². The predicted octanol–water partition coefficient (Wildman–Crippen LogP) is 3.71. The minimum absolute atomic E-state index is 0.0324. The largest absolute Gasteiger partial charge is 0.462 e. The number of esters is 1. The number of allylic oxidation sites excluding steroid dienone is 2. The van der Waals surface area contributed by atoms with Crippen LogP contribution in [-0.4, -0.2) is 12.1 Å². The van der Waals surface area contributed by atoms with Gasteiger partial charge in [-0.3, -0.25) is 4.79 Å². The molecule has 2 nitrogen and oxygen atoms in total. The molecule has 0 bridgehead atoms. The van der Waals surface area contributed by atoms with Gasteiger partial charge in [0.2, 0.25) is 0 Å². The normalized spacial score (nSPS) is 32.6. The van der Waals surface area contributed by atoms with Crippen LogP contribution in [0.1, 0.15) is 52.9 Å². The summed E-state index contributed by atoms with van der Waals surface area (Å²) in [5.41, 5.74) is 0.0955. The van der Waals surface area contributed by atoms with Gasteiger partial charge in [-0.25, -0.2) is 0 Å². The van der Waals surface area contributed by atoms with Gasteiger partial charge in [-0.15, -0.1) is 0 Å². The predicted molar refractivity (Wildman–Crippen MR) is 68.5 cm³/mol. The zero-order valence-corrected chi connectivity index (χ0v) is 11.2. The van der Waals surface area contributed by atoms with Gasteiger partial charge in [0.25, 0.3) is 0 Å². The fraction of sp³-hybridized carbons (Fsp3) is 0.800. The number of carbonyl (C=O) groups is 1. The SMILES string of the molecule is CC=CC1C(C(=O)OC2CCCCC2)C1(C)C. The summed E-state index contributed by atoms with van der Waals surface area (Å²) in [6.45, 7) is 6.33. The monoisotopic (exact) mass is 236 g/mol. The summed E-state index contributed by atoms with van der Waals surface area (Å²) in [7, 11) is 0. The van der Waals surface area contributed by atoms with E-state index in [0.29, 0.717) is 5.92 Å². The highest BCUT2D eigenvalue weighted by Gasteiger charge is 2.61. The molecule has 0 heterocycles. The Kier molecular flexibility index (Phi) is 3.60. The minimum atomic E-state index is 0.0324. The first kappa shape index (κ1) is 12.7. The number of carbonyl (C=O) groups excluding carboxylic acids is 1. The second kappa shape index (κ2) is 4.83.